The van der Waals surface area contributed by atoms with Gasteiger partial charge in [0.1, 0.15) is 10.7 Å². The Balaban J connectivity index is 1.59. The first-order valence-electron chi connectivity index (χ1n) is 9.35. The second-order valence-corrected chi connectivity index (χ2v) is 9.43. The van der Waals surface area contributed by atoms with Gasteiger partial charge in [-0.1, -0.05) is 26.2 Å². The Hall–Kier alpha value is -1.18. The van der Waals surface area contributed by atoms with Crippen molar-refractivity contribution in [3.63, 3.8) is 0 Å². The molecule has 7 heteroatoms. The quantitative estimate of drug-likeness (QED) is 0.866. The number of likely N-dealkylation sites (N-methyl/N-ethyl adjacent to an activating group) is 1. The molecule has 1 aliphatic heterocycles. The fourth-order valence-corrected chi connectivity index (χ4v) is 5.12. The van der Waals surface area contributed by atoms with Crippen molar-refractivity contribution < 1.29 is 8.42 Å². The molecule has 0 amide bonds. The first-order valence-corrected chi connectivity index (χ1v) is 10.8. The zero-order valence-electron chi connectivity index (χ0n) is 15.3. The van der Waals surface area contributed by atoms with Gasteiger partial charge in [-0.2, -0.15) is 4.31 Å². The number of hydrogen-bond acceptors (Lipinski definition) is 5. The zero-order valence-corrected chi connectivity index (χ0v) is 16.1. The average molecular weight is 367 g/mol. The van der Waals surface area contributed by atoms with Crippen molar-refractivity contribution in [2.45, 2.75) is 37.5 Å². The minimum Gasteiger partial charge on any atom is -0.370 e. The molecule has 1 saturated carbocycles. The SMILES string of the molecule is CC1CCCCC1CNc1ccc(S(=O)(=O)N2CCN(C)CC2)cn1. The third kappa shape index (κ3) is 4.51. The van der Waals surface area contributed by atoms with E-state index >= 15 is 0 Å². The summed E-state index contributed by atoms with van der Waals surface area (Å²) in [6.07, 6.45) is 6.72. The smallest absolute Gasteiger partial charge is 0.244 e. The van der Waals surface area contributed by atoms with Crippen LogP contribution in [-0.4, -0.2) is 62.4 Å². The molecule has 1 saturated heterocycles. The third-order valence-corrected chi connectivity index (χ3v) is 7.55. The van der Waals surface area contributed by atoms with Crippen molar-refractivity contribution in [2.75, 3.05) is 45.1 Å². The van der Waals surface area contributed by atoms with Crippen LogP contribution in [0.4, 0.5) is 5.82 Å². The Labute approximate surface area is 151 Å². The van der Waals surface area contributed by atoms with E-state index in [2.05, 4.69) is 22.1 Å². The predicted molar refractivity (Wildman–Crippen MR) is 100 cm³/mol. The van der Waals surface area contributed by atoms with E-state index in [9.17, 15) is 8.42 Å². The molecule has 2 aliphatic rings. The van der Waals surface area contributed by atoms with Crippen LogP contribution in [0.5, 0.6) is 0 Å². The van der Waals surface area contributed by atoms with Gasteiger partial charge in [-0.05, 0) is 37.4 Å². The van der Waals surface area contributed by atoms with E-state index in [1.54, 1.807) is 16.4 Å². The Kier molecular flexibility index (Phi) is 5.96. The van der Waals surface area contributed by atoms with Gasteiger partial charge in [0, 0.05) is 38.9 Å². The van der Waals surface area contributed by atoms with E-state index in [-0.39, 0.29) is 4.90 Å². The van der Waals surface area contributed by atoms with Gasteiger partial charge >= 0.3 is 0 Å². The highest BCUT2D eigenvalue weighted by molar-refractivity contribution is 7.89. The number of nitrogens with zero attached hydrogens (tertiary/aromatic N) is 3. The maximum absolute atomic E-state index is 12.7. The van der Waals surface area contributed by atoms with Crippen LogP contribution >= 0.6 is 0 Å². The molecule has 0 spiro atoms. The molecule has 2 unspecified atom stereocenters. The Morgan fingerprint density at radius 2 is 1.88 bits per heavy atom. The molecule has 0 radical (unpaired) electrons. The summed E-state index contributed by atoms with van der Waals surface area (Å²) in [4.78, 5) is 6.77. The van der Waals surface area contributed by atoms with E-state index in [1.807, 2.05) is 7.05 Å². The number of anilines is 1. The van der Waals surface area contributed by atoms with Gasteiger partial charge in [-0.15, -0.1) is 0 Å². The monoisotopic (exact) mass is 366 g/mol. The summed E-state index contributed by atoms with van der Waals surface area (Å²) in [5, 5.41) is 3.38. The Morgan fingerprint density at radius 3 is 2.52 bits per heavy atom. The number of aromatic nitrogens is 1. The highest BCUT2D eigenvalue weighted by Gasteiger charge is 2.27. The highest BCUT2D eigenvalue weighted by atomic mass is 32.2. The van der Waals surface area contributed by atoms with Crippen LogP contribution in [0.3, 0.4) is 0 Å². The number of rotatable bonds is 5. The summed E-state index contributed by atoms with van der Waals surface area (Å²) >= 11 is 0. The molecule has 25 heavy (non-hydrogen) atoms. The van der Waals surface area contributed by atoms with Crippen molar-refractivity contribution >= 4 is 15.8 Å². The van der Waals surface area contributed by atoms with Crippen molar-refractivity contribution in [1.82, 2.24) is 14.2 Å². The number of sulfonamides is 1. The van der Waals surface area contributed by atoms with Crippen LogP contribution in [0.1, 0.15) is 32.6 Å². The predicted octanol–water partition coefficient (Wildman–Crippen LogP) is 2.26. The van der Waals surface area contributed by atoms with Gasteiger partial charge in [-0.3, -0.25) is 0 Å². The third-order valence-electron chi connectivity index (χ3n) is 5.67. The molecule has 6 nitrogen and oxygen atoms in total. The maximum Gasteiger partial charge on any atom is 0.244 e. The van der Waals surface area contributed by atoms with Gasteiger partial charge < -0.3 is 10.2 Å². The van der Waals surface area contributed by atoms with Crippen LogP contribution in [0.15, 0.2) is 23.2 Å². The van der Waals surface area contributed by atoms with Gasteiger partial charge in [-0.25, -0.2) is 13.4 Å². The molecular weight excluding hydrogens is 336 g/mol. The minimum absolute atomic E-state index is 0.286. The summed E-state index contributed by atoms with van der Waals surface area (Å²) in [5.41, 5.74) is 0. The molecule has 1 N–H and O–H groups in total. The lowest BCUT2D eigenvalue weighted by Crippen LogP contribution is -2.47. The van der Waals surface area contributed by atoms with Crippen molar-refractivity contribution in [3.05, 3.63) is 18.3 Å². The number of nitrogens with one attached hydrogen (secondary N) is 1. The molecule has 2 atom stereocenters. The Morgan fingerprint density at radius 1 is 1.16 bits per heavy atom. The lowest BCUT2D eigenvalue weighted by molar-refractivity contribution is 0.222. The van der Waals surface area contributed by atoms with Gasteiger partial charge in [0.15, 0.2) is 0 Å². The molecule has 2 heterocycles. The first kappa shape index (κ1) is 18.6. The van der Waals surface area contributed by atoms with E-state index in [1.165, 1.54) is 31.9 Å². The molecule has 140 valence electrons. The van der Waals surface area contributed by atoms with Gasteiger partial charge in [0.05, 0.1) is 0 Å². The molecule has 1 aliphatic carbocycles. The summed E-state index contributed by atoms with van der Waals surface area (Å²) in [5.74, 6) is 2.19. The fourth-order valence-electron chi connectivity index (χ4n) is 3.75. The second kappa shape index (κ2) is 8.01. The molecule has 1 aromatic heterocycles. The molecular formula is C18H30N4O2S. The zero-order chi connectivity index (χ0) is 17.9. The largest absolute Gasteiger partial charge is 0.370 e. The topological polar surface area (TPSA) is 65.5 Å². The molecule has 3 rings (SSSR count). The second-order valence-electron chi connectivity index (χ2n) is 7.49. The van der Waals surface area contributed by atoms with Crippen LogP contribution in [-0.2, 0) is 10.0 Å². The summed E-state index contributed by atoms with van der Waals surface area (Å²) < 4.78 is 27.0. The molecule has 0 aromatic carbocycles. The van der Waals surface area contributed by atoms with E-state index in [0.717, 1.165) is 31.4 Å². The van der Waals surface area contributed by atoms with Crippen molar-refractivity contribution in [1.29, 1.82) is 0 Å². The molecule has 0 bridgehead atoms. The van der Waals surface area contributed by atoms with Crippen molar-refractivity contribution in [2.24, 2.45) is 11.8 Å². The number of hydrogen-bond donors (Lipinski definition) is 1. The summed E-state index contributed by atoms with van der Waals surface area (Å²) in [7, 11) is -1.42. The van der Waals surface area contributed by atoms with E-state index < -0.39 is 10.0 Å². The van der Waals surface area contributed by atoms with Gasteiger partial charge in [0.2, 0.25) is 10.0 Å². The highest BCUT2D eigenvalue weighted by Crippen LogP contribution is 2.29. The lowest BCUT2D eigenvalue weighted by atomic mass is 9.80. The maximum atomic E-state index is 12.7. The van der Waals surface area contributed by atoms with E-state index in [4.69, 9.17) is 0 Å². The standard InChI is InChI=1S/C18H30N4O2S/c1-15-5-3-4-6-16(15)13-19-18-8-7-17(14-20-18)25(23,24)22-11-9-21(2)10-12-22/h7-8,14-16H,3-6,9-13H2,1-2H3,(H,19,20). The normalized spacial score (nSPS) is 26.5. The summed E-state index contributed by atoms with van der Waals surface area (Å²) in [6.45, 7) is 5.86. The number of piperazine rings is 1. The summed E-state index contributed by atoms with van der Waals surface area (Å²) in [6, 6.07) is 3.46. The van der Waals surface area contributed by atoms with Crippen LogP contribution in [0, 0.1) is 11.8 Å². The first-order chi connectivity index (χ1) is 12.0. The number of pyridine rings is 1. The van der Waals surface area contributed by atoms with Crippen molar-refractivity contribution in [3.8, 4) is 0 Å². The van der Waals surface area contributed by atoms with Crippen LogP contribution in [0.25, 0.3) is 0 Å². The van der Waals surface area contributed by atoms with Crippen LogP contribution < -0.4 is 5.32 Å². The van der Waals surface area contributed by atoms with Gasteiger partial charge in [0.25, 0.3) is 0 Å². The van der Waals surface area contributed by atoms with Crippen LogP contribution in [0.2, 0.25) is 0 Å². The minimum atomic E-state index is -3.43. The average Bonchev–Trinajstić information content (AvgIpc) is 2.62. The van der Waals surface area contributed by atoms with E-state index in [0.29, 0.717) is 19.0 Å². The molecule has 1 aromatic rings. The lowest BCUT2D eigenvalue weighted by Gasteiger charge is -2.31. The molecule has 2 fully saturated rings. The fraction of sp³-hybridized carbons (Fsp3) is 0.722. The Bertz CT molecular complexity index is 654.